The lowest BCUT2D eigenvalue weighted by atomic mass is 9.83. The van der Waals surface area contributed by atoms with E-state index in [0.717, 1.165) is 19.1 Å². The molecule has 2 unspecified atom stereocenters. The van der Waals surface area contributed by atoms with Crippen LogP contribution in [0.3, 0.4) is 0 Å². The van der Waals surface area contributed by atoms with E-state index in [1.54, 1.807) is 0 Å². The highest BCUT2D eigenvalue weighted by Gasteiger charge is 2.18. The van der Waals surface area contributed by atoms with Gasteiger partial charge in [-0.1, -0.05) is 18.6 Å². The van der Waals surface area contributed by atoms with E-state index in [-0.39, 0.29) is 12.1 Å². The lowest BCUT2D eigenvalue weighted by molar-refractivity contribution is -0.112. The first-order valence-electron chi connectivity index (χ1n) is 3.86. The number of carbonyl (C=O) groups excluding carboxylic acids is 1. The van der Waals surface area contributed by atoms with Crippen LogP contribution in [-0.4, -0.2) is 6.29 Å². The van der Waals surface area contributed by atoms with Gasteiger partial charge in [0.1, 0.15) is 6.29 Å². The molecule has 2 nitrogen and oxygen atoms in total. The zero-order chi connectivity index (χ0) is 7.56. The number of carbonyl (C=O) groups is 1. The summed E-state index contributed by atoms with van der Waals surface area (Å²) in [7, 11) is 0. The molecule has 0 amide bonds. The lowest BCUT2D eigenvalue weighted by Crippen LogP contribution is -2.15. The van der Waals surface area contributed by atoms with Crippen LogP contribution in [0.2, 0.25) is 0 Å². The van der Waals surface area contributed by atoms with E-state index in [2.05, 4.69) is 19.9 Å². The monoisotopic (exact) mass is 155 g/mol. The van der Waals surface area contributed by atoms with Crippen molar-refractivity contribution in [2.75, 3.05) is 0 Å². The predicted molar refractivity (Wildman–Crippen MR) is 46.7 cm³/mol. The first kappa shape index (κ1) is 10.4. The minimum atomic E-state index is 0. The summed E-state index contributed by atoms with van der Waals surface area (Å²) in [6.45, 7) is 4.25. The maximum Gasteiger partial charge on any atom is 0.123 e. The van der Waals surface area contributed by atoms with E-state index >= 15 is 0 Å². The minimum absolute atomic E-state index is 0. The number of rotatable bonds is 1. The van der Waals surface area contributed by atoms with Crippen LogP contribution in [0, 0.1) is 11.8 Å². The number of hydrogen-bond acceptors (Lipinski definition) is 2. The van der Waals surface area contributed by atoms with Gasteiger partial charge in [-0.25, -0.2) is 0 Å². The van der Waals surface area contributed by atoms with Crippen molar-refractivity contribution in [1.29, 1.82) is 0 Å². The Hall–Kier alpha value is -0.630. The Morgan fingerprint density at radius 2 is 2.27 bits per heavy atom. The van der Waals surface area contributed by atoms with Gasteiger partial charge in [-0.2, -0.15) is 0 Å². The average Bonchev–Trinajstić information content (AvgIpc) is 1.88. The van der Waals surface area contributed by atoms with E-state index in [1.807, 2.05) is 0 Å². The Morgan fingerprint density at radius 3 is 2.73 bits per heavy atom. The van der Waals surface area contributed by atoms with Crippen LogP contribution in [0.5, 0.6) is 0 Å². The fourth-order valence-corrected chi connectivity index (χ4v) is 1.50. The quantitative estimate of drug-likeness (QED) is 0.466. The Morgan fingerprint density at radius 1 is 1.64 bits per heavy atom. The molecule has 0 bridgehead atoms. The number of hydrogen-bond donors (Lipinski definition) is 1. The molecule has 1 aliphatic rings. The van der Waals surface area contributed by atoms with Crippen LogP contribution in [0.15, 0.2) is 11.6 Å². The summed E-state index contributed by atoms with van der Waals surface area (Å²) >= 11 is 0. The van der Waals surface area contributed by atoms with Gasteiger partial charge in [0.05, 0.1) is 0 Å². The Labute approximate surface area is 68.3 Å². The van der Waals surface area contributed by atoms with E-state index < -0.39 is 0 Å². The molecular formula is C9H17NO. The summed E-state index contributed by atoms with van der Waals surface area (Å²) in [5.41, 5.74) is 1.44. The average molecular weight is 155 g/mol. The molecule has 0 aromatic heterocycles. The second kappa shape index (κ2) is 4.29. The molecule has 0 spiro atoms. The largest absolute Gasteiger partial charge is 0.344 e. The zero-order valence-electron chi connectivity index (χ0n) is 7.34. The summed E-state index contributed by atoms with van der Waals surface area (Å²) in [4.78, 5) is 10.4. The van der Waals surface area contributed by atoms with Gasteiger partial charge < -0.3 is 10.9 Å². The topological polar surface area (TPSA) is 52.1 Å². The molecule has 64 valence electrons. The Kier molecular flexibility index (Phi) is 4.04. The minimum Gasteiger partial charge on any atom is -0.344 e. The van der Waals surface area contributed by atoms with E-state index in [1.165, 1.54) is 5.57 Å². The molecule has 0 saturated carbocycles. The molecular weight excluding hydrogens is 138 g/mol. The van der Waals surface area contributed by atoms with Crippen LogP contribution < -0.4 is 6.15 Å². The summed E-state index contributed by atoms with van der Waals surface area (Å²) in [5.74, 6) is 0.745. The molecule has 2 atom stereocenters. The summed E-state index contributed by atoms with van der Waals surface area (Å²) in [5, 5.41) is 0. The van der Waals surface area contributed by atoms with Crippen molar-refractivity contribution in [3.05, 3.63) is 11.6 Å². The summed E-state index contributed by atoms with van der Waals surface area (Å²) in [6, 6.07) is 0. The van der Waals surface area contributed by atoms with Crippen molar-refractivity contribution in [2.45, 2.75) is 26.7 Å². The summed E-state index contributed by atoms with van der Waals surface area (Å²) in [6.07, 6.45) is 5.46. The van der Waals surface area contributed by atoms with E-state index in [9.17, 15) is 4.79 Å². The van der Waals surface area contributed by atoms with Crippen molar-refractivity contribution in [3.63, 3.8) is 0 Å². The Bertz CT molecular complexity index is 163. The normalized spacial score (nSPS) is 30.2. The lowest BCUT2D eigenvalue weighted by Gasteiger charge is -2.21. The molecule has 3 N–H and O–H groups in total. The van der Waals surface area contributed by atoms with Gasteiger partial charge in [-0.15, -0.1) is 0 Å². The highest BCUT2D eigenvalue weighted by atomic mass is 16.1. The molecule has 0 aromatic carbocycles. The summed E-state index contributed by atoms with van der Waals surface area (Å²) < 4.78 is 0. The highest BCUT2D eigenvalue weighted by Crippen LogP contribution is 2.26. The van der Waals surface area contributed by atoms with Crippen LogP contribution >= 0.6 is 0 Å². The van der Waals surface area contributed by atoms with Gasteiger partial charge in [0, 0.05) is 5.92 Å². The molecule has 1 rings (SSSR count). The standard InChI is InChI=1S/C9H14O.H3N/c1-7-3-4-9(6-10)8(2)5-7;/h5-6,8-9H,3-4H2,1-2H3;1H3. The predicted octanol–water partition coefficient (Wildman–Crippen LogP) is 2.34. The van der Waals surface area contributed by atoms with E-state index in [0.29, 0.717) is 5.92 Å². The third kappa shape index (κ3) is 2.46. The second-order valence-corrected chi connectivity index (χ2v) is 3.21. The van der Waals surface area contributed by atoms with Gasteiger partial charge in [-0.05, 0) is 25.7 Å². The molecule has 2 heteroatoms. The SMILES string of the molecule is CC1=CC(C)C(C=O)CC1.N. The van der Waals surface area contributed by atoms with Crippen LogP contribution in [0.1, 0.15) is 26.7 Å². The number of allylic oxidation sites excluding steroid dienone is 2. The van der Waals surface area contributed by atoms with Gasteiger partial charge in [0.25, 0.3) is 0 Å². The zero-order valence-corrected chi connectivity index (χ0v) is 7.34. The van der Waals surface area contributed by atoms with Crippen molar-refractivity contribution < 1.29 is 4.79 Å². The Balaban J connectivity index is 0.000001000. The van der Waals surface area contributed by atoms with Gasteiger partial charge >= 0.3 is 0 Å². The van der Waals surface area contributed by atoms with Crippen molar-refractivity contribution in [2.24, 2.45) is 11.8 Å². The first-order valence-corrected chi connectivity index (χ1v) is 3.86. The molecule has 0 aliphatic heterocycles. The van der Waals surface area contributed by atoms with Crippen molar-refractivity contribution in [3.8, 4) is 0 Å². The maximum absolute atomic E-state index is 10.4. The fraction of sp³-hybridized carbons (Fsp3) is 0.667. The molecule has 1 aliphatic carbocycles. The second-order valence-electron chi connectivity index (χ2n) is 3.21. The molecule has 0 saturated heterocycles. The van der Waals surface area contributed by atoms with Gasteiger partial charge in [-0.3, -0.25) is 0 Å². The third-order valence-electron chi connectivity index (χ3n) is 2.27. The molecule has 0 fully saturated rings. The van der Waals surface area contributed by atoms with Crippen LogP contribution in [-0.2, 0) is 4.79 Å². The number of aldehydes is 1. The molecule has 0 aromatic rings. The molecule has 11 heavy (non-hydrogen) atoms. The maximum atomic E-state index is 10.4. The van der Waals surface area contributed by atoms with Crippen molar-refractivity contribution >= 4 is 6.29 Å². The van der Waals surface area contributed by atoms with Gasteiger partial charge in [0.2, 0.25) is 0 Å². The van der Waals surface area contributed by atoms with Crippen LogP contribution in [0.25, 0.3) is 0 Å². The first-order chi connectivity index (χ1) is 4.74. The molecule has 0 radical (unpaired) electrons. The molecule has 0 heterocycles. The van der Waals surface area contributed by atoms with Crippen molar-refractivity contribution in [1.82, 2.24) is 6.15 Å². The van der Waals surface area contributed by atoms with E-state index in [4.69, 9.17) is 0 Å². The van der Waals surface area contributed by atoms with Gasteiger partial charge in [0.15, 0.2) is 0 Å². The highest BCUT2D eigenvalue weighted by molar-refractivity contribution is 5.55. The van der Waals surface area contributed by atoms with Crippen LogP contribution in [0.4, 0.5) is 0 Å². The third-order valence-corrected chi connectivity index (χ3v) is 2.27. The fourth-order valence-electron chi connectivity index (χ4n) is 1.50. The smallest absolute Gasteiger partial charge is 0.123 e.